The molecule has 0 amide bonds. The maximum Gasteiger partial charge on any atom is 0.122 e. The first kappa shape index (κ1) is 12.9. The van der Waals surface area contributed by atoms with Crippen molar-refractivity contribution >= 4 is 15.9 Å². The van der Waals surface area contributed by atoms with Crippen molar-refractivity contribution in [2.24, 2.45) is 0 Å². The van der Waals surface area contributed by atoms with Gasteiger partial charge in [-0.2, -0.15) is 0 Å². The van der Waals surface area contributed by atoms with Crippen LogP contribution in [-0.4, -0.2) is 26.9 Å². The van der Waals surface area contributed by atoms with Crippen molar-refractivity contribution in [2.45, 2.75) is 19.4 Å². The van der Waals surface area contributed by atoms with E-state index in [0.717, 1.165) is 23.2 Å². The second kappa shape index (κ2) is 5.85. The molecule has 1 atom stereocenters. The Morgan fingerprint density at radius 1 is 1.53 bits per heavy atom. The molecular formula is C13H18BrNO2. The van der Waals surface area contributed by atoms with E-state index in [9.17, 15) is 0 Å². The molecule has 1 N–H and O–H groups in total. The Balaban J connectivity index is 2.48. The molecule has 4 heteroatoms. The van der Waals surface area contributed by atoms with Gasteiger partial charge >= 0.3 is 0 Å². The van der Waals surface area contributed by atoms with E-state index in [1.165, 1.54) is 11.1 Å². The van der Waals surface area contributed by atoms with E-state index < -0.39 is 0 Å². The number of hydrogen-bond acceptors (Lipinski definition) is 3. The molecule has 0 spiro atoms. The Kier molecular flexibility index (Phi) is 4.42. The van der Waals surface area contributed by atoms with Crippen LogP contribution in [0, 0.1) is 0 Å². The van der Waals surface area contributed by atoms with Crippen molar-refractivity contribution in [1.82, 2.24) is 5.32 Å². The average Bonchev–Trinajstić information content (AvgIpc) is 2.55. The van der Waals surface area contributed by atoms with Crippen molar-refractivity contribution in [3.05, 3.63) is 27.7 Å². The summed E-state index contributed by atoms with van der Waals surface area (Å²) in [6, 6.07) is 4.31. The van der Waals surface area contributed by atoms with Crippen LogP contribution >= 0.6 is 15.9 Å². The number of hydrogen-bond donors (Lipinski definition) is 1. The molecule has 0 bridgehead atoms. The van der Waals surface area contributed by atoms with Gasteiger partial charge < -0.3 is 14.8 Å². The van der Waals surface area contributed by atoms with E-state index in [0.29, 0.717) is 13.2 Å². The third-order valence-electron chi connectivity index (χ3n) is 3.04. The van der Waals surface area contributed by atoms with Gasteiger partial charge in [0.15, 0.2) is 0 Å². The maximum atomic E-state index is 5.70. The van der Waals surface area contributed by atoms with Gasteiger partial charge in [-0.15, -0.1) is 0 Å². The molecule has 1 aliphatic rings. The fourth-order valence-corrected chi connectivity index (χ4v) is 2.88. The lowest BCUT2D eigenvalue weighted by atomic mass is 9.98. The second-order valence-electron chi connectivity index (χ2n) is 4.04. The van der Waals surface area contributed by atoms with Gasteiger partial charge in [0.1, 0.15) is 5.75 Å². The Morgan fingerprint density at radius 2 is 2.35 bits per heavy atom. The third-order valence-corrected chi connectivity index (χ3v) is 3.73. The molecule has 1 aromatic rings. The van der Waals surface area contributed by atoms with Crippen LogP contribution in [0.1, 0.15) is 24.1 Å². The molecule has 0 aromatic heterocycles. The standard InChI is InChI=1S/C13H18BrNO2/c1-3-17-12-5-4-10(14)13-9(12)6-7-16-8-11(13)15-2/h4-5,11,15H,3,6-8H2,1-2H3. The fraction of sp³-hybridized carbons (Fsp3) is 0.538. The number of halogens is 1. The van der Waals surface area contributed by atoms with E-state index in [1.807, 2.05) is 20.0 Å². The summed E-state index contributed by atoms with van der Waals surface area (Å²) in [6.07, 6.45) is 0.905. The van der Waals surface area contributed by atoms with E-state index in [4.69, 9.17) is 9.47 Å². The SMILES string of the molecule is CCOc1ccc(Br)c2c1CCOCC2NC. The van der Waals surface area contributed by atoms with Crippen molar-refractivity contribution in [3.63, 3.8) is 0 Å². The van der Waals surface area contributed by atoms with Crippen LogP contribution < -0.4 is 10.1 Å². The molecule has 3 nitrogen and oxygen atoms in total. The summed E-state index contributed by atoms with van der Waals surface area (Å²) in [5, 5.41) is 3.30. The summed E-state index contributed by atoms with van der Waals surface area (Å²) in [5.41, 5.74) is 2.54. The van der Waals surface area contributed by atoms with E-state index in [2.05, 4.69) is 27.3 Å². The lowest BCUT2D eigenvalue weighted by Gasteiger charge is -2.20. The normalized spacial score (nSPS) is 19.6. The van der Waals surface area contributed by atoms with Gasteiger partial charge in [-0.1, -0.05) is 15.9 Å². The molecule has 1 unspecified atom stereocenters. The van der Waals surface area contributed by atoms with Gasteiger partial charge in [-0.25, -0.2) is 0 Å². The Labute approximate surface area is 111 Å². The highest BCUT2D eigenvalue weighted by Crippen LogP contribution is 2.35. The monoisotopic (exact) mass is 299 g/mol. The molecule has 17 heavy (non-hydrogen) atoms. The first-order valence-electron chi connectivity index (χ1n) is 5.97. The van der Waals surface area contributed by atoms with E-state index in [1.54, 1.807) is 0 Å². The minimum Gasteiger partial charge on any atom is -0.494 e. The van der Waals surface area contributed by atoms with Crippen molar-refractivity contribution < 1.29 is 9.47 Å². The molecule has 0 saturated heterocycles. The van der Waals surface area contributed by atoms with Crippen LogP contribution in [0.25, 0.3) is 0 Å². The van der Waals surface area contributed by atoms with Crippen LogP contribution in [0.3, 0.4) is 0 Å². The molecule has 0 aliphatic carbocycles. The van der Waals surface area contributed by atoms with Crippen LogP contribution in [-0.2, 0) is 11.2 Å². The zero-order valence-electron chi connectivity index (χ0n) is 10.3. The number of nitrogens with one attached hydrogen (secondary N) is 1. The second-order valence-corrected chi connectivity index (χ2v) is 4.89. The van der Waals surface area contributed by atoms with Gasteiger partial charge in [0, 0.05) is 10.0 Å². The van der Waals surface area contributed by atoms with Gasteiger partial charge in [0.25, 0.3) is 0 Å². The Hall–Kier alpha value is -0.580. The minimum atomic E-state index is 0.224. The predicted octanol–water partition coefficient (Wildman–Crippen LogP) is 2.68. The number of ether oxygens (including phenoxy) is 2. The summed E-state index contributed by atoms with van der Waals surface area (Å²) in [4.78, 5) is 0. The van der Waals surface area contributed by atoms with Crippen LogP contribution in [0.4, 0.5) is 0 Å². The van der Waals surface area contributed by atoms with E-state index in [-0.39, 0.29) is 6.04 Å². The first-order valence-corrected chi connectivity index (χ1v) is 6.76. The smallest absolute Gasteiger partial charge is 0.122 e. The molecule has 0 fully saturated rings. The van der Waals surface area contributed by atoms with E-state index >= 15 is 0 Å². The summed E-state index contributed by atoms with van der Waals surface area (Å²) in [5.74, 6) is 0.983. The molecule has 2 rings (SSSR count). The van der Waals surface area contributed by atoms with Gasteiger partial charge in [-0.05, 0) is 38.1 Å². The summed E-state index contributed by atoms with van der Waals surface area (Å²) in [6.45, 7) is 4.16. The highest BCUT2D eigenvalue weighted by Gasteiger charge is 2.23. The Morgan fingerprint density at radius 3 is 3.06 bits per heavy atom. The number of fused-ring (bicyclic) bond motifs is 1. The third kappa shape index (κ3) is 2.64. The molecule has 1 aromatic carbocycles. The summed E-state index contributed by atoms with van der Waals surface area (Å²) < 4.78 is 12.5. The van der Waals surface area contributed by atoms with Crippen LogP contribution in [0.2, 0.25) is 0 Å². The average molecular weight is 300 g/mol. The highest BCUT2D eigenvalue weighted by atomic mass is 79.9. The van der Waals surface area contributed by atoms with Gasteiger partial charge in [0.05, 0.1) is 25.9 Å². The highest BCUT2D eigenvalue weighted by molar-refractivity contribution is 9.10. The van der Waals surface area contributed by atoms with Crippen molar-refractivity contribution in [3.8, 4) is 5.75 Å². The predicted molar refractivity (Wildman–Crippen MR) is 71.6 cm³/mol. The van der Waals surface area contributed by atoms with Gasteiger partial charge in [0.2, 0.25) is 0 Å². The topological polar surface area (TPSA) is 30.5 Å². The largest absolute Gasteiger partial charge is 0.494 e. The number of benzene rings is 1. The lowest BCUT2D eigenvalue weighted by molar-refractivity contribution is 0.123. The van der Waals surface area contributed by atoms with Crippen LogP contribution in [0.5, 0.6) is 5.75 Å². The first-order chi connectivity index (χ1) is 8.27. The minimum absolute atomic E-state index is 0.224. The van der Waals surface area contributed by atoms with Gasteiger partial charge in [-0.3, -0.25) is 0 Å². The molecule has 94 valence electrons. The van der Waals surface area contributed by atoms with Crippen molar-refractivity contribution in [2.75, 3.05) is 26.9 Å². The van der Waals surface area contributed by atoms with Crippen molar-refractivity contribution in [1.29, 1.82) is 0 Å². The number of rotatable bonds is 3. The Bertz CT molecular complexity index is 395. The maximum absolute atomic E-state index is 5.70. The number of likely N-dealkylation sites (N-methyl/N-ethyl adjacent to an activating group) is 1. The zero-order valence-corrected chi connectivity index (χ0v) is 11.8. The fourth-order valence-electron chi connectivity index (χ4n) is 2.23. The molecule has 1 aliphatic heterocycles. The molecule has 0 radical (unpaired) electrons. The van der Waals surface area contributed by atoms with Crippen LogP contribution in [0.15, 0.2) is 16.6 Å². The lowest BCUT2D eigenvalue weighted by Crippen LogP contribution is -2.21. The summed E-state index contributed by atoms with van der Waals surface area (Å²) in [7, 11) is 1.96. The molecular weight excluding hydrogens is 282 g/mol. The molecule has 0 saturated carbocycles. The quantitative estimate of drug-likeness (QED) is 0.931. The molecule has 1 heterocycles. The zero-order chi connectivity index (χ0) is 12.3. The summed E-state index contributed by atoms with van der Waals surface area (Å²) >= 11 is 3.63.